The van der Waals surface area contributed by atoms with E-state index < -0.39 is 5.60 Å². The predicted molar refractivity (Wildman–Crippen MR) is 91.3 cm³/mol. The standard InChI is InChI=1S/C19H20N2O4/c1-19(23,16-10-12-6-2-4-8-14(12)24-16)11-20-18(22)17-13-7-3-5-9-15(13)25-21-17/h2,4,6,8,10,23H,3,5,7,9,11H2,1H3,(H,20,22)/t19-/m1/s1. The maximum Gasteiger partial charge on any atom is 0.273 e. The molecule has 0 saturated carbocycles. The summed E-state index contributed by atoms with van der Waals surface area (Å²) >= 11 is 0. The van der Waals surface area contributed by atoms with Crippen LogP contribution in [0.2, 0.25) is 0 Å². The van der Waals surface area contributed by atoms with Gasteiger partial charge in [0.05, 0.1) is 6.54 Å². The molecule has 1 aliphatic rings. The molecule has 0 radical (unpaired) electrons. The number of benzene rings is 1. The van der Waals surface area contributed by atoms with E-state index in [4.69, 9.17) is 8.94 Å². The molecular weight excluding hydrogens is 320 g/mol. The number of furan rings is 1. The van der Waals surface area contributed by atoms with Gasteiger partial charge in [0.2, 0.25) is 0 Å². The highest BCUT2D eigenvalue weighted by atomic mass is 16.5. The number of carbonyl (C=O) groups is 1. The summed E-state index contributed by atoms with van der Waals surface area (Å²) in [6.45, 7) is 1.64. The SMILES string of the molecule is C[C@@](O)(CNC(=O)c1noc2c1CCCC2)c1cc2ccccc2o1. The fourth-order valence-corrected chi connectivity index (χ4v) is 3.23. The number of carbonyl (C=O) groups excluding carboxylic acids is 1. The van der Waals surface area contributed by atoms with E-state index in [-0.39, 0.29) is 12.5 Å². The molecule has 0 saturated heterocycles. The number of hydrogen-bond donors (Lipinski definition) is 2. The summed E-state index contributed by atoms with van der Waals surface area (Å²) in [7, 11) is 0. The van der Waals surface area contributed by atoms with Gasteiger partial charge in [0.15, 0.2) is 5.69 Å². The number of nitrogens with one attached hydrogen (secondary N) is 1. The van der Waals surface area contributed by atoms with E-state index in [9.17, 15) is 9.90 Å². The van der Waals surface area contributed by atoms with E-state index in [1.165, 1.54) is 0 Å². The van der Waals surface area contributed by atoms with Gasteiger partial charge >= 0.3 is 0 Å². The van der Waals surface area contributed by atoms with Crippen LogP contribution in [0.3, 0.4) is 0 Å². The summed E-state index contributed by atoms with van der Waals surface area (Å²) < 4.78 is 11.0. The molecule has 0 bridgehead atoms. The molecule has 4 rings (SSSR count). The van der Waals surface area contributed by atoms with Crippen LogP contribution in [0, 0.1) is 0 Å². The fraction of sp³-hybridized carbons (Fsp3) is 0.368. The van der Waals surface area contributed by atoms with Gasteiger partial charge in [-0.05, 0) is 38.3 Å². The number of aryl methyl sites for hydroxylation is 1. The molecular formula is C19H20N2O4. The molecule has 6 heteroatoms. The number of nitrogens with zero attached hydrogens (tertiary/aromatic N) is 1. The third-order valence-electron chi connectivity index (χ3n) is 4.71. The lowest BCUT2D eigenvalue weighted by molar-refractivity contribution is 0.0343. The third kappa shape index (κ3) is 2.93. The Kier molecular flexibility index (Phi) is 3.84. The zero-order valence-corrected chi connectivity index (χ0v) is 14.0. The molecule has 1 aliphatic carbocycles. The van der Waals surface area contributed by atoms with E-state index in [2.05, 4.69) is 10.5 Å². The van der Waals surface area contributed by atoms with Crippen LogP contribution in [0.25, 0.3) is 11.0 Å². The van der Waals surface area contributed by atoms with Crippen molar-refractivity contribution < 1.29 is 18.8 Å². The topological polar surface area (TPSA) is 88.5 Å². The maximum atomic E-state index is 12.5. The number of aromatic nitrogens is 1. The van der Waals surface area contributed by atoms with Gasteiger partial charge in [-0.25, -0.2) is 0 Å². The molecule has 2 N–H and O–H groups in total. The molecule has 0 unspecified atom stereocenters. The fourth-order valence-electron chi connectivity index (χ4n) is 3.23. The summed E-state index contributed by atoms with van der Waals surface area (Å²) in [6, 6.07) is 9.33. The Morgan fingerprint density at radius 2 is 2.12 bits per heavy atom. The minimum absolute atomic E-state index is 0.0211. The number of rotatable bonds is 4. The number of fused-ring (bicyclic) bond motifs is 2. The number of para-hydroxylation sites is 1. The minimum Gasteiger partial charge on any atom is -0.458 e. The Hall–Kier alpha value is -2.60. The Morgan fingerprint density at radius 3 is 2.96 bits per heavy atom. The van der Waals surface area contributed by atoms with E-state index in [0.717, 1.165) is 42.4 Å². The molecule has 2 aromatic heterocycles. The summed E-state index contributed by atoms with van der Waals surface area (Å²) in [4.78, 5) is 12.5. The first kappa shape index (κ1) is 15.9. The average molecular weight is 340 g/mol. The van der Waals surface area contributed by atoms with Crippen LogP contribution in [0.1, 0.15) is 47.3 Å². The molecule has 1 aromatic carbocycles. The van der Waals surface area contributed by atoms with Crippen molar-refractivity contribution in [1.82, 2.24) is 10.5 Å². The van der Waals surface area contributed by atoms with Gasteiger partial charge in [0.1, 0.15) is 22.7 Å². The predicted octanol–water partition coefficient (Wildman–Crippen LogP) is 2.94. The van der Waals surface area contributed by atoms with Crippen LogP contribution in [-0.4, -0.2) is 22.7 Å². The first-order valence-corrected chi connectivity index (χ1v) is 8.52. The second kappa shape index (κ2) is 6.04. The normalized spacial score (nSPS) is 16.4. The first-order valence-electron chi connectivity index (χ1n) is 8.52. The molecule has 0 spiro atoms. The van der Waals surface area contributed by atoms with Crippen molar-refractivity contribution in [2.45, 2.75) is 38.2 Å². The van der Waals surface area contributed by atoms with Gasteiger partial charge in [0, 0.05) is 17.4 Å². The van der Waals surface area contributed by atoms with Crippen molar-refractivity contribution in [2.24, 2.45) is 0 Å². The average Bonchev–Trinajstić information content (AvgIpc) is 3.24. The zero-order chi connectivity index (χ0) is 17.4. The Balaban J connectivity index is 1.49. The van der Waals surface area contributed by atoms with Crippen molar-refractivity contribution in [1.29, 1.82) is 0 Å². The molecule has 130 valence electrons. The molecule has 1 atom stereocenters. The molecule has 0 aliphatic heterocycles. The van der Waals surface area contributed by atoms with Crippen LogP contribution < -0.4 is 5.32 Å². The van der Waals surface area contributed by atoms with Gasteiger partial charge < -0.3 is 19.4 Å². The molecule has 25 heavy (non-hydrogen) atoms. The second-order valence-corrected chi connectivity index (χ2v) is 6.75. The van der Waals surface area contributed by atoms with E-state index in [1.807, 2.05) is 24.3 Å². The van der Waals surface area contributed by atoms with Crippen LogP contribution in [-0.2, 0) is 18.4 Å². The van der Waals surface area contributed by atoms with Crippen LogP contribution in [0.5, 0.6) is 0 Å². The zero-order valence-electron chi connectivity index (χ0n) is 14.0. The summed E-state index contributed by atoms with van der Waals surface area (Å²) in [6.07, 6.45) is 3.73. The van der Waals surface area contributed by atoms with E-state index >= 15 is 0 Å². The third-order valence-corrected chi connectivity index (χ3v) is 4.71. The highest BCUT2D eigenvalue weighted by molar-refractivity contribution is 5.93. The van der Waals surface area contributed by atoms with Crippen molar-refractivity contribution in [3.05, 3.63) is 53.1 Å². The van der Waals surface area contributed by atoms with Crippen molar-refractivity contribution in [3.8, 4) is 0 Å². The highest BCUT2D eigenvalue weighted by Crippen LogP contribution is 2.28. The van der Waals surface area contributed by atoms with Crippen molar-refractivity contribution >= 4 is 16.9 Å². The first-order chi connectivity index (χ1) is 12.0. The Morgan fingerprint density at radius 1 is 1.32 bits per heavy atom. The molecule has 0 fully saturated rings. The van der Waals surface area contributed by atoms with E-state index in [0.29, 0.717) is 17.0 Å². The van der Waals surface area contributed by atoms with Gasteiger partial charge in [0.25, 0.3) is 5.91 Å². The smallest absolute Gasteiger partial charge is 0.273 e. The highest BCUT2D eigenvalue weighted by Gasteiger charge is 2.30. The van der Waals surface area contributed by atoms with Crippen LogP contribution in [0.4, 0.5) is 0 Å². The largest absolute Gasteiger partial charge is 0.458 e. The lowest BCUT2D eigenvalue weighted by Gasteiger charge is -2.21. The van der Waals surface area contributed by atoms with Gasteiger partial charge in [-0.15, -0.1) is 0 Å². The summed E-state index contributed by atoms with van der Waals surface area (Å²) in [5.74, 6) is 0.889. The minimum atomic E-state index is -1.32. The molecule has 3 aromatic rings. The maximum absolute atomic E-state index is 12.5. The van der Waals surface area contributed by atoms with Crippen LogP contribution in [0.15, 0.2) is 39.3 Å². The Bertz CT molecular complexity index is 890. The van der Waals surface area contributed by atoms with Gasteiger partial charge in [-0.2, -0.15) is 0 Å². The number of amides is 1. The monoisotopic (exact) mass is 340 g/mol. The van der Waals surface area contributed by atoms with E-state index in [1.54, 1.807) is 13.0 Å². The second-order valence-electron chi connectivity index (χ2n) is 6.75. The summed E-state index contributed by atoms with van der Waals surface area (Å²) in [5.41, 5.74) is 0.607. The summed E-state index contributed by atoms with van der Waals surface area (Å²) in [5, 5.41) is 18.3. The number of aliphatic hydroxyl groups is 1. The molecule has 1 amide bonds. The Labute approximate surface area is 144 Å². The van der Waals surface area contributed by atoms with Crippen LogP contribution >= 0.6 is 0 Å². The number of hydrogen-bond acceptors (Lipinski definition) is 5. The molecule has 6 nitrogen and oxygen atoms in total. The lowest BCUT2D eigenvalue weighted by Crippen LogP contribution is -2.38. The van der Waals surface area contributed by atoms with Crippen molar-refractivity contribution in [3.63, 3.8) is 0 Å². The van der Waals surface area contributed by atoms with Gasteiger partial charge in [-0.3, -0.25) is 4.79 Å². The lowest BCUT2D eigenvalue weighted by atomic mass is 9.96. The quantitative estimate of drug-likeness (QED) is 0.762. The van der Waals surface area contributed by atoms with Gasteiger partial charge in [-0.1, -0.05) is 23.4 Å². The van der Waals surface area contributed by atoms with Crippen molar-refractivity contribution in [2.75, 3.05) is 6.54 Å². The molecule has 2 heterocycles.